The van der Waals surface area contributed by atoms with E-state index in [1.54, 1.807) is 6.92 Å². The molecule has 0 saturated carbocycles. The van der Waals surface area contributed by atoms with E-state index < -0.39 is 39.1 Å². The summed E-state index contributed by atoms with van der Waals surface area (Å²) in [7, 11) is -5.27. The maximum absolute atomic E-state index is 12.0. The van der Waals surface area contributed by atoms with Gasteiger partial charge in [-0.2, -0.15) is 0 Å². The Labute approximate surface area is 255 Å². The fourth-order valence-electron chi connectivity index (χ4n) is 2.35. The zero-order chi connectivity index (χ0) is 23.4. The van der Waals surface area contributed by atoms with E-state index in [0.29, 0.717) is 6.42 Å². The predicted octanol–water partition coefficient (Wildman–Crippen LogP) is -2.75. The molecule has 190 valence electrons. The zero-order valence-corrected chi connectivity index (χ0v) is 25.7. The molecule has 9 nitrogen and oxygen atoms in total. The fourth-order valence-corrected chi connectivity index (χ4v) is 2.70. The number of rotatable bonds is 15. The summed E-state index contributed by atoms with van der Waals surface area (Å²) in [6.07, 6.45) is 7.29. The number of hydrogen-bond donors (Lipinski definition) is 1. The van der Waals surface area contributed by atoms with Crippen LogP contribution in [0.15, 0.2) is 0 Å². The molecule has 0 aliphatic rings. The molecule has 0 aromatic heterocycles. The first kappa shape index (κ1) is 40.8. The number of phosphoric ester groups is 1. The molecule has 0 saturated heterocycles. The van der Waals surface area contributed by atoms with Crippen LogP contribution < -0.4 is 75.1 Å². The third-order valence-electron chi connectivity index (χ3n) is 3.83. The summed E-state index contributed by atoms with van der Waals surface area (Å²) in [5, 5.41) is 0. The molecule has 34 heavy (non-hydrogen) atoms. The van der Waals surface area contributed by atoms with Gasteiger partial charge in [0, 0.05) is 19.5 Å². The van der Waals surface area contributed by atoms with Crippen molar-refractivity contribution in [1.29, 1.82) is 0 Å². The van der Waals surface area contributed by atoms with Crippen molar-refractivity contribution in [3.63, 3.8) is 0 Å². The van der Waals surface area contributed by atoms with E-state index in [-0.39, 0.29) is 78.8 Å². The number of carbonyl (C=O) groups is 2. The van der Waals surface area contributed by atoms with Crippen LogP contribution in [0.25, 0.3) is 0 Å². The van der Waals surface area contributed by atoms with E-state index in [1.807, 2.05) is 0 Å². The minimum atomic E-state index is -5.27. The van der Waals surface area contributed by atoms with Gasteiger partial charge in [-0.25, -0.2) is 4.79 Å². The van der Waals surface area contributed by atoms with Crippen molar-refractivity contribution in [1.82, 2.24) is 6.15 Å². The van der Waals surface area contributed by atoms with Crippen molar-refractivity contribution < 1.29 is 104 Å². The topological polar surface area (TPSA) is 160 Å². The van der Waals surface area contributed by atoms with Gasteiger partial charge < -0.3 is 34.5 Å². The molecule has 0 aliphatic carbocycles. The molecule has 3 N–H and O–H groups in total. The van der Waals surface area contributed by atoms with Crippen LogP contribution in [-0.2, 0) is 28.2 Å². The SMILES string of the molecule is CC#CC#CC#CC(=O)OC[C@@H](COP(=O)([O-])[O-])OC(=O)CCCCCCCCCC.N.[HH].[HH].[HH].[HH].[HH].[Na+].[Na+]. The second kappa shape index (κ2) is 27.3. The largest absolute Gasteiger partial charge is 1.00 e. The number of ether oxygens (including phenoxy) is 2. The Balaban J connectivity index is -0.000000161. The quantitative estimate of drug-likeness (QED) is 0.0597. The van der Waals surface area contributed by atoms with Crippen molar-refractivity contribution in [2.24, 2.45) is 0 Å². The van der Waals surface area contributed by atoms with Crippen LogP contribution in [0.3, 0.4) is 0 Å². The molecule has 0 rings (SSSR count). The standard InChI is InChI=1S/C22H31O8P.H3N.2Na.5H2/c1-3-5-7-9-10-11-13-15-17-22(24)30-20(19-29-31(25,26)27)18-28-21(23)16-14-12-8-6-4-2;;;;;;;;/h20H,3,5,7,9-11,13,15,17-19H2,1-2H3,(H2,25,26,27);1H3;;;5*1H/q;;2*+1;;;;;/p-2/t20-;;;;;;;;/m0......../s1. The number of carbonyl (C=O) groups excluding carboxylic acids is 2. The Kier molecular flexibility index (Phi) is 32.8. The van der Waals surface area contributed by atoms with Gasteiger partial charge >= 0.3 is 71.1 Å². The van der Waals surface area contributed by atoms with Crippen LogP contribution >= 0.6 is 7.82 Å². The molecule has 0 unspecified atom stereocenters. The van der Waals surface area contributed by atoms with Gasteiger partial charge in [0.2, 0.25) is 0 Å². The smallest absolute Gasteiger partial charge is 0.790 e. The molecule has 0 aliphatic heterocycles. The molecule has 0 radical (unpaired) electrons. The average molecular weight is 526 g/mol. The van der Waals surface area contributed by atoms with Gasteiger partial charge in [0.05, 0.1) is 14.4 Å². The maximum atomic E-state index is 12.0. The second-order valence-electron chi connectivity index (χ2n) is 6.55. The van der Waals surface area contributed by atoms with Crippen LogP contribution in [0.1, 0.15) is 78.8 Å². The van der Waals surface area contributed by atoms with E-state index in [2.05, 4.69) is 47.0 Å². The second-order valence-corrected chi connectivity index (χ2v) is 7.71. The minimum Gasteiger partial charge on any atom is -0.790 e. The molecule has 0 spiro atoms. The molecular formula is C22H42NNa2O8P. The van der Waals surface area contributed by atoms with E-state index in [9.17, 15) is 23.9 Å². The molecule has 12 heteroatoms. The summed E-state index contributed by atoms with van der Waals surface area (Å²) in [5.41, 5.74) is 0. The van der Waals surface area contributed by atoms with Crippen molar-refractivity contribution in [3.8, 4) is 35.5 Å². The van der Waals surface area contributed by atoms with Crippen molar-refractivity contribution in [3.05, 3.63) is 0 Å². The Morgan fingerprint density at radius 2 is 1.47 bits per heavy atom. The van der Waals surface area contributed by atoms with Gasteiger partial charge in [0.1, 0.15) is 6.61 Å². The van der Waals surface area contributed by atoms with Gasteiger partial charge in [-0.1, -0.05) is 57.8 Å². The van der Waals surface area contributed by atoms with Gasteiger partial charge in [0.15, 0.2) is 6.10 Å². The Morgan fingerprint density at radius 1 is 0.912 bits per heavy atom. The number of unbranched alkanes of at least 4 members (excludes halogenated alkanes) is 7. The first-order valence-electron chi connectivity index (χ1n) is 10.2. The first-order chi connectivity index (χ1) is 14.8. The minimum absolute atomic E-state index is 0. The van der Waals surface area contributed by atoms with Gasteiger partial charge in [-0.15, -0.1) is 0 Å². The molecule has 0 bridgehead atoms. The fraction of sp³-hybridized carbons (Fsp3) is 0.636. The normalized spacial score (nSPS) is 10.0. The van der Waals surface area contributed by atoms with E-state index in [1.165, 1.54) is 25.7 Å². The molecule has 0 aromatic carbocycles. The monoisotopic (exact) mass is 525 g/mol. The summed E-state index contributed by atoms with van der Waals surface area (Å²) in [6, 6.07) is 0. The molecule has 0 fully saturated rings. The summed E-state index contributed by atoms with van der Waals surface area (Å²) in [6.45, 7) is 2.49. The first-order valence-corrected chi connectivity index (χ1v) is 11.7. The molecule has 0 heterocycles. The van der Waals surface area contributed by atoms with Crippen molar-refractivity contribution >= 4 is 19.8 Å². The van der Waals surface area contributed by atoms with E-state index in [4.69, 9.17) is 9.47 Å². The molecule has 1 atom stereocenters. The summed E-state index contributed by atoms with van der Waals surface area (Å²) in [5.74, 6) is 12.4. The molecule has 0 amide bonds. The van der Waals surface area contributed by atoms with Crippen LogP contribution in [0.5, 0.6) is 0 Å². The number of phosphoric acid groups is 1. The Morgan fingerprint density at radius 3 is 2.03 bits per heavy atom. The van der Waals surface area contributed by atoms with Crippen LogP contribution in [-0.4, -0.2) is 31.3 Å². The average Bonchev–Trinajstić information content (AvgIpc) is 2.71. The Bertz CT molecular complexity index is 805. The van der Waals surface area contributed by atoms with E-state index >= 15 is 0 Å². The van der Waals surface area contributed by atoms with Crippen LogP contribution in [0.4, 0.5) is 0 Å². The zero-order valence-electron chi connectivity index (χ0n) is 20.8. The molecule has 0 aromatic rings. The summed E-state index contributed by atoms with van der Waals surface area (Å²) >= 11 is 0. The van der Waals surface area contributed by atoms with Gasteiger partial charge in [-0.3, -0.25) is 4.79 Å². The van der Waals surface area contributed by atoms with Crippen molar-refractivity contribution in [2.45, 2.75) is 77.7 Å². The predicted molar refractivity (Wildman–Crippen MR) is 126 cm³/mol. The van der Waals surface area contributed by atoms with Crippen LogP contribution in [0.2, 0.25) is 0 Å². The number of hydrogen-bond acceptors (Lipinski definition) is 9. The summed E-state index contributed by atoms with van der Waals surface area (Å²) < 4.78 is 24.7. The number of esters is 2. The third kappa shape index (κ3) is 29.7. The molecular weight excluding hydrogens is 483 g/mol. The van der Waals surface area contributed by atoms with Crippen LogP contribution in [0, 0.1) is 35.5 Å². The maximum Gasteiger partial charge on any atom is 1.00 e. The van der Waals surface area contributed by atoms with E-state index in [0.717, 1.165) is 19.3 Å². The van der Waals surface area contributed by atoms with Gasteiger partial charge in [-0.05, 0) is 37.0 Å². The third-order valence-corrected chi connectivity index (χ3v) is 4.29. The van der Waals surface area contributed by atoms with Gasteiger partial charge in [0.25, 0.3) is 0 Å². The van der Waals surface area contributed by atoms with Crippen molar-refractivity contribution in [2.75, 3.05) is 13.2 Å². The Hall–Kier alpha value is -0.310. The summed E-state index contributed by atoms with van der Waals surface area (Å²) in [4.78, 5) is 44.9.